The van der Waals surface area contributed by atoms with Crippen LogP contribution < -0.4 is 5.32 Å². The first-order valence-electron chi connectivity index (χ1n) is 7.82. The van der Waals surface area contributed by atoms with E-state index < -0.39 is 0 Å². The van der Waals surface area contributed by atoms with Crippen LogP contribution in [0, 0.1) is 0 Å². The molecular weight excluding hydrogens is 254 g/mol. The van der Waals surface area contributed by atoms with Crippen molar-refractivity contribution < 1.29 is 0 Å². The third kappa shape index (κ3) is 1.55. The van der Waals surface area contributed by atoms with Crippen LogP contribution in [-0.4, -0.2) is 6.54 Å². The van der Waals surface area contributed by atoms with Crippen LogP contribution in [0.3, 0.4) is 0 Å². The Morgan fingerprint density at radius 2 is 1.48 bits per heavy atom. The van der Waals surface area contributed by atoms with Gasteiger partial charge in [0.2, 0.25) is 0 Å². The van der Waals surface area contributed by atoms with Crippen molar-refractivity contribution in [2.45, 2.75) is 18.9 Å². The van der Waals surface area contributed by atoms with Crippen molar-refractivity contribution in [3.8, 4) is 0 Å². The Morgan fingerprint density at radius 3 is 2.24 bits per heavy atom. The zero-order valence-corrected chi connectivity index (χ0v) is 11.9. The minimum absolute atomic E-state index is 0.523. The van der Waals surface area contributed by atoms with Crippen molar-refractivity contribution in [1.82, 2.24) is 5.32 Å². The summed E-state index contributed by atoms with van der Waals surface area (Å²) in [5, 5.41) is 12.0. The Kier molecular flexibility index (Phi) is 2.30. The maximum Gasteiger partial charge on any atom is 0.0326 e. The van der Waals surface area contributed by atoms with Gasteiger partial charge in [0.15, 0.2) is 0 Å². The summed E-state index contributed by atoms with van der Waals surface area (Å²) in [6.45, 7) is 1.15. The van der Waals surface area contributed by atoms with Crippen LogP contribution in [-0.2, 0) is 0 Å². The monoisotopic (exact) mass is 271 g/mol. The fourth-order valence-corrected chi connectivity index (χ4v) is 4.01. The molecule has 1 heterocycles. The first-order valence-corrected chi connectivity index (χ1v) is 7.82. The molecule has 0 spiro atoms. The lowest BCUT2D eigenvalue weighted by atomic mass is 9.89. The zero-order chi connectivity index (χ0) is 13.8. The van der Waals surface area contributed by atoms with E-state index in [4.69, 9.17) is 0 Å². The number of hydrogen-bond donors (Lipinski definition) is 1. The van der Waals surface area contributed by atoms with Gasteiger partial charge in [0, 0.05) is 6.04 Å². The van der Waals surface area contributed by atoms with Gasteiger partial charge >= 0.3 is 0 Å². The summed E-state index contributed by atoms with van der Waals surface area (Å²) in [5.74, 6) is 0. The highest BCUT2D eigenvalue weighted by molar-refractivity contribution is 6.23. The molecule has 102 valence electrons. The number of nitrogens with one attached hydrogen (secondary N) is 1. The fourth-order valence-electron chi connectivity index (χ4n) is 4.01. The Bertz CT molecular complexity index is 932. The molecule has 4 aromatic rings. The van der Waals surface area contributed by atoms with Crippen LogP contribution >= 0.6 is 0 Å². The van der Waals surface area contributed by atoms with Crippen LogP contribution in [0.2, 0.25) is 0 Å². The lowest BCUT2D eigenvalue weighted by Crippen LogP contribution is -2.13. The number of rotatable bonds is 1. The summed E-state index contributed by atoms with van der Waals surface area (Å²) in [6.07, 6.45) is 2.54. The largest absolute Gasteiger partial charge is 0.310 e. The van der Waals surface area contributed by atoms with Gasteiger partial charge in [-0.3, -0.25) is 0 Å². The van der Waals surface area contributed by atoms with E-state index in [2.05, 4.69) is 59.9 Å². The second-order valence-electron chi connectivity index (χ2n) is 6.16. The topological polar surface area (TPSA) is 12.0 Å². The summed E-state index contributed by atoms with van der Waals surface area (Å²) in [6, 6.07) is 20.9. The lowest BCUT2D eigenvalue weighted by molar-refractivity contribution is 0.653. The van der Waals surface area contributed by atoms with Gasteiger partial charge in [-0.25, -0.2) is 0 Å². The molecule has 1 saturated heterocycles. The normalized spacial score (nSPS) is 19.1. The Balaban J connectivity index is 1.96. The van der Waals surface area contributed by atoms with Crippen molar-refractivity contribution in [3.05, 3.63) is 60.2 Å². The van der Waals surface area contributed by atoms with Crippen LogP contribution in [0.1, 0.15) is 24.4 Å². The summed E-state index contributed by atoms with van der Waals surface area (Å²) in [4.78, 5) is 0. The second-order valence-corrected chi connectivity index (χ2v) is 6.16. The average molecular weight is 271 g/mol. The molecule has 1 fully saturated rings. The first-order chi connectivity index (χ1) is 10.4. The highest BCUT2D eigenvalue weighted by Gasteiger charge is 2.19. The third-order valence-electron chi connectivity index (χ3n) is 5.00. The molecule has 0 bridgehead atoms. The third-order valence-corrected chi connectivity index (χ3v) is 5.00. The molecule has 1 aliphatic heterocycles. The van der Waals surface area contributed by atoms with E-state index in [1.165, 1.54) is 50.7 Å². The van der Waals surface area contributed by atoms with E-state index >= 15 is 0 Å². The molecule has 0 unspecified atom stereocenters. The van der Waals surface area contributed by atoms with Gasteiger partial charge in [-0.1, -0.05) is 54.6 Å². The maximum absolute atomic E-state index is 3.65. The zero-order valence-electron chi connectivity index (χ0n) is 11.9. The van der Waals surface area contributed by atoms with Crippen molar-refractivity contribution in [2.24, 2.45) is 0 Å². The first kappa shape index (κ1) is 11.5. The molecule has 0 saturated carbocycles. The number of benzene rings is 4. The SMILES string of the molecule is c1cc2ccc3ccc([C@H]4CCCN4)c4ccc(c1)c2c34. The standard InChI is InChI=1S/C20H17N/c1-3-13-6-7-15-8-10-16(18-5-2-12-21-18)17-11-9-14(4-1)19(13)20(15)17/h1,3-4,6-11,18,21H,2,5,12H2/t18-/m1/s1. The Labute approximate surface area is 123 Å². The van der Waals surface area contributed by atoms with Gasteiger partial charge in [-0.2, -0.15) is 0 Å². The van der Waals surface area contributed by atoms with Crippen LogP contribution in [0.15, 0.2) is 54.6 Å². The summed E-state index contributed by atoms with van der Waals surface area (Å²) >= 11 is 0. The molecule has 1 heteroatoms. The van der Waals surface area contributed by atoms with Crippen molar-refractivity contribution in [2.75, 3.05) is 6.54 Å². The highest BCUT2D eigenvalue weighted by Crippen LogP contribution is 2.38. The predicted octanol–water partition coefficient (Wildman–Crippen LogP) is 5.01. The minimum Gasteiger partial charge on any atom is -0.310 e. The summed E-state index contributed by atoms with van der Waals surface area (Å²) in [5.41, 5.74) is 1.47. The summed E-state index contributed by atoms with van der Waals surface area (Å²) < 4.78 is 0. The van der Waals surface area contributed by atoms with Crippen molar-refractivity contribution in [3.63, 3.8) is 0 Å². The van der Waals surface area contributed by atoms with E-state index in [1.54, 1.807) is 0 Å². The van der Waals surface area contributed by atoms with Crippen molar-refractivity contribution >= 4 is 32.3 Å². The molecule has 0 radical (unpaired) electrons. The Hall–Kier alpha value is -2.12. The van der Waals surface area contributed by atoms with Crippen LogP contribution in [0.5, 0.6) is 0 Å². The van der Waals surface area contributed by atoms with Gasteiger partial charge in [0.25, 0.3) is 0 Å². The molecule has 21 heavy (non-hydrogen) atoms. The molecule has 1 atom stereocenters. The lowest BCUT2D eigenvalue weighted by Gasteiger charge is -2.17. The average Bonchev–Trinajstić information content (AvgIpc) is 3.07. The molecule has 1 nitrogen and oxygen atoms in total. The Morgan fingerprint density at radius 1 is 0.762 bits per heavy atom. The van der Waals surface area contributed by atoms with Gasteiger partial charge in [0.05, 0.1) is 0 Å². The van der Waals surface area contributed by atoms with Crippen LogP contribution in [0.25, 0.3) is 32.3 Å². The smallest absolute Gasteiger partial charge is 0.0326 e. The molecule has 5 rings (SSSR count). The fraction of sp³-hybridized carbons (Fsp3) is 0.200. The van der Waals surface area contributed by atoms with Gasteiger partial charge in [-0.05, 0) is 57.3 Å². The molecule has 0 amide bonds. The molecular formula is C20H17N. The van der Waals surface area contributed by atoms with Gasteiger partial charge in [-0.15, -0.1) is 0 Å². The highest BCUT2D eigenvalue weighted by atomic mass is 14.9. The van der Waals surface area contributed by atoms with Crippen LogP contribution in [0.4, 0.5) is 0 Å². The second kappa shape index (κ2) is 4.19. The van der Waals surface area contributed by atoms with Gasteiger partial charge in [0.1, 0.15) is 0 Å². The van der Waals surface area contributed by atoms with E-state index in [-0.39, 0.29) is 0 Å². The quantitative estimate of drug-likeness (QED) is 0.480. The summed E-state index contributed by atoms with van der Waals surface area (Å²) in [7, 11) is 0. The van der Waals surface area contributed by atoms with Gasteiger partial charge < -0.3 is 5.32 Å². The predicted molar refractivity (Wildman–Crippen MR) is 90.1 cm³/mol. The molecule has 1 N–H and O–H groups in total. The van der Waals surface area contributed by atoms with E-state index in [1.807, 2.05) is 0 Å². The minimum atomic E-state index is 0.523. The van der Waals surface area contributed by atoms with E-state index in [0.29, 0.717) is 6.04 Å². The molecule has 4 aromatic carbocycles. The van der Waals surface area contributed by atoms with E-state index in [0.717, 1.165) is 6.54 Å². The molecule has 0 aromatic heterocycles. The van der Waals surface area contributed by atoms with E-state index in [9.17, 15) is 0 Å². The maximum atomic E-state index is 3.65. The van der Waals surface area contributed by atoms with Crippen molar-refractivity contribution in [1.29, 1.82) is 0 Å². The molecule has 1 aliphatic rings. The molecule has 0 aliphatic carbocycles. The number of hydrogen-bond acceptors (Lipinski definition) is 1.